The second-order valence-electron chi connectivity index (χ2n) is 5.02. The van der Waals surface area contributed by atoms with Gasteiger partial charge < -0.3 is 0 Å². The van der Waals surface area contributed by atoms with Crippen molar-refractivity contribution in [2.24, 2.45) is 0 Å². The second kappa shape index (κ2) is 5.24. The molecule has 0 amide bonds. The van der Waals surface area contributed by atoms with Gasteiger partial charge in [0.1, 0.15) is 0 Å². The maximum Gasteiger partial charge on any atom is 0.323 e. The number of hydrogen-bond donors (Lipinski definition) is 1. The summed E-state index contributed by atoms with van der Waals surface area (Å²) in [5, 5.41) is 0.500. The lowest BCUT2D eigenvalue weighted by molar-refractivity contribution is 0.597. The molecule has 3 rings (SSSR count). The molecule has 0 fully saturated rings. The number of para-hydroxylation sites is 1. The maximum atomic E-state index is 12.6. The SMILES string of the molecule is Cc1ccc(Cl)cc1NS(=O)(=O)N1CCc2ccccc21. The molecule has 0 bridgehead atoms. The van der Waals surface area contributed by atoms with Gasteiger partial charge in [0, 0.05) is 11.6 Å². The topological polar surface area (TPSA) is 49.4 Å². The van der Waals surface area contributed by atoms with Crippen LogP contribution in [0.15, 0.2) is 42.5 Å². The number of anilines is 2. The normalized spacial score (nSPS) is 14.1. The fraction of sp³-hybridized carbons (Fsp3) is 0.200. The Kier molecular flexibility index (Phi) is 3.55. The highest BCUT2D eigenvalue weighted by Crippen LogP contribution is 2.31. The number of nitrogens with zero attached hydrogens (tertiary/aromatic N) is 1. The van der Waals surface area contributed by atoms with Crippen molar-refractivity contribution in [1.29, 1.82) is 0 Å². The fourth-order valence-electron chi connectivity index (χ4n) is 2.46. The number of nitrogens with one attached hydrogen (secondary N) is 1. The summed E-state index contributed by atoms with van der Waals surface area (Å²) in [5.41, 5.74) is 3.12. The molecule has 1 aliphatic heterocycles. The van der Waals surface area contributed by atoms with Crippen LogP contribution in [0.5, 0.6) is 0 Å². The van der Waals surface area contributed by atoms with Gasteiger partial charge in [-0.15, -0.1) is 0 Å². The highest BCUT2D eigenvalue weighted by atomic mass is 35.5. The van der Waals surface area contributed by atoms with Crippen molar-refractivity contribution in [1.82, 2.24) is 0 Å². The third-order valence-corrected chi connectivity index (χ3v) is 5.25. The van der Waals surface area contributed by atoms with Gasteiger partial charge in [-0.05, 0) is 42.7 Å². The van der Waals surface area contributed by atoms with Gasteiger partial charge in [-0.1, -0.05) is 35.9 Å². The van der Waals surface area contributed by atoms with Crippen LogP contribution in [0.2, 0.25) is 5.02 Å². The summed E-state index contributed by atoms with van der Waals surface area (Å²) in [6, 6.07) is 12.7. The molecule has 6 heteroatoms. The van der Waals surface area contributed by atoms with Crippen molar-refractivity contribution < 1.29 is 8.42 Å². The Morgan fingerprint density at radius 3 is 2.76 bits per heavy atom. The Labute approximate surface area is 129 Å². The Bertz CT molecular complexity index is 790. The molecule has 21 heavy (non-hydrogen) atoms. The summed E-state index contributed by atoms with van der Waals surface area (Å²) >= 11 is 5.94. The number of fused-ring (bicyclic) bond motifs is 1. The van der Waals surface area contributed by atoms with E-state index in [0.717, 1.165) is 23.2 Å². The van der Waals surface area contributed by atoms with Crippen LogP contribution in [0, 0.1) is 6.92 Å². The second-order valence-corrected chi connectivity index (χ2v) is 7.05. The first-order chi connectivity index (χ1) is 9.97. The Morgan fingerprint density at radius 2 is 1.95 bits per heavy atom. The van der Waals surface area contributed by atoms with E-state index < -0.39 is 10.2 Å². The minimum atomic E-state index is -3.64. The van der Waals surface area contributed by atoms with Crippen molar-refractivity contribution in [3.8, 4) is 0 Å². The Balaban J connectivity index is 1.94. The van der Waals surface area contributed by atoms with Crippen LogP contribution < -0.4 is 9.03 Å². The molecule has 1 heterocycles. The predicted octanol–water partition coefficient (Wildman–Crippen LogP) is 3.37. The molecule has 2 aromatic rings. The van der Waals surface area contributed by atoms with Crippen LogP contribution in [-0.4, -0.2) is 15.0 Å². The number of rotatable bonds is 3. The van der Waals surface area contributed by atoms with Gasteiger partial charge in [0.2, 0.25) is 0 Å². The molecule has 0 atom stereocenters. The first kappa shape index (κ1) is 14.2. The van der Waals surface area contributed by atoms with Crippen LogP contribution >= 0.6 is 11.6 Å². The summed E-state index contributed by atoms with van der Waals surface area (Å²) in [6.45, 7) is 2.29. The number of aryl methyl sites for hydroxylation is 1. The summed E-state index contributed by atoms with van der Waals surface area (Å²) < 4.78 is 29.2. The van der Waals surface area contributed by atoms with Crippen LogP contribution in [0.4, 0.5) is 11.4 Å². The first-order valence-corrected chi connectivity index (χ1v) is 8.44. The van der Waals surface area contributed by atoms with Crippen molar-refractivity contribution in [3.63, 3.8) is 0 Å². The van der Waals surface area contributed by atoms with Crippen LogP contribution in [0.3, 0.4) is 0 Å². The average Bonchev–Trinajstić information content (AvgIpc) is 2.87. The largest absolute Gasteiger partial charge is 0.323 e. The maximum absolute atomic E-state index is 12.6. The van der Waals surface area contributed by atoms with E-state index in [9.17, 15) is 8.42 Å². The molecule has 0 saturated carbocycles. The van der Waals surface area contributed by atoms with Crippen molar-refractivity contribution >= 4 is 33.2 Å². The molecule has 0 aliphatic carbocycles. The lowest BCUT2D eigenvalue weighted by Crippen LogP contribution is -2.34. The Morgan fingerprint density at radius 1 is 1.19 bits per heavy atom. The predicted molar refractivity (Wildman–Crippen MR) is 86.2 cm³/mol. The van der Waals surface area contributed by atoms with E-state index in [1.54, 1.807) is 18.2 Å². The van der Waals surface area contributed by atoms with Gasteiger partial charge in [-0.2, -0.15) is 8.42 Å². The summed E-state index contributed by atoms with van der Waals surface area (Å²) in [7, 11) is -3.64. The monoisotopic (exact) mass is 322 g/mol. The standard InChI is InChI=1S/C15H15ClN2O2S/c1-11-6-7-13(16)10-14(11)17-21(19,20)18-9-8-12-4-2-3-5-15(12)18/h2-7,10,17H,8-9H2,1H3. The Hall–Kier alpha value is -1.72. The minimum Gasteiger partial charge on any atom is -0.266 e. The van der Waals surface area contributed by atoms with Crippen molar-refractivity contribution in [3.05, 3.63) is 58.6 Å². The fourth-order valence-corrected chi connectivity index (χ4v) is 4.00. The van der Waals surface area contributed by atoms with Crippen molar-refractivity contribution in [2.75, 3.05) is 15.6 Å². The smallest absolute Gasteiger partial charge is 0.266 e. The number of hydrogen-bond acceptors (Lipinski definition) is 2. The van der Waals surface area contributed by atoms with Gasteiger partial charge in [-0.25, -0.2) is 0 Å². The summed E-state index contributed by atoms with van der Waals surface area (Å²) in [4.78, 5) is 0. The van der Waals surface area contributed by atoms with Gasteiger partial charge in [0.25, 0.3) is 0 Å². The zero-order valence-corrected chi connectivity index (χ0v) is 13.1. The first-order valence-electron chi connectivity index (χ1n) is 6.62. The van der Waals surface area contributed by atoms with E-state index in [4.69, 9.17) is 11.6 Å². The van der Waals surface area contributed by atoms with E-state index in [1.165, 1.54) is 4.31 Å². The minimum absolute atomic E-state index is 0.453. The molecule has 0 unspecified atom stereocenters. The van der Waals surface area contributed by atoms with Gasteiger partial charge in [-0.3, -0.25) is 9.03 Å². The third kappa shape index (κ3) is 2.71. The zero-order valence-electron chi connectivity index (χ0n) is 11.5. The van der Waals surface area contributed by atoms with E-state index in [0.29, 0.717) is 17.3 Å². The third-order valence-electron chi connectivity index (χ3n) is 3.57. The molecule has 2 aromatic carbocycles. The number of halogens is 1. The van der Waals surface area contributed by atoms with Gasteiger partial charge >= 0.3 is 10.2 Å². The van der Waals surface area contributed by atoms with Gasteiger partial charge in [0.15, 0.2) is 0 Å². The molecule has 1 aliphatic rings. The molecule has 0 spiro atoms. The van der Waals surface area contributed by atoms with Gasteiger partial charge in [0.05, 0.1) is 11.4 Å². The van der Waals surface area contributed by atoms with E-state index in [-0.39, 0.29) is 0 Å². The van der Waals surface area contributed by atoms with Crippen molar-refractivity contribution in [2.45, 2.75) is 13.3 Å². The highest BCUT2D eigenvalue weighted by Gasteiger charge is 2.29. The molecule has 0 aromatic heterocycles. The summed E-state index contributed by atoms with van der Waals surface area (Å²) in [5.74, 6) is 0. The average molecular weight is 323 g/mol. The van der Waals surface area contributed by atoms with E-state index >= 15 is 0 Å². The number of benzene rings is 2. The molecule has 4 nitrogen and oxygen atoms in total. The van der Waals surface area contributed by atoms with E-state index in [2.05, 4.69) is 4.72 Å². The van der Waals surface area contributed by atoms with E-state index in [1.807, 2.05) is 31.2 Å². The lowest BCUT2D eigenvalue weighted by atomic mass is 10.2. The molecular weight excluding hydrogens is 308 g/mol. The van der Waals surface area contributed by atoms with Crippen LogP contribution in [0.1, 0.15) is 11.1 Å². The van der Waals surface area contributed by atoms with Crippen LogP contribution in [-0.2, 0) is 16.6 Å². The molecular formula is C15H15ClN2O2S. The quantitative estimate of drug-likeness (QED) is 0.942. The highest BCUT2D eigenvalue weighted by molar-refractivity contribution is 7.94. The lowest BCUT2D eigenvalue weighted by Gasteiger charge is -2.21. The molecule has 0 radical (unpaired) electrons. The summed E-state index contributed by atoms with van der Waals surface area (Å²) in [6.07, 6.45) is 0.728. The van der Waals surface area contributed by atoms with Crippen LogP contribution in [0.25, 0.3) is 0 Å². The zero-order chi connectivity index (χ0) is 15.0. The molecule has 0 saturated heterocycles. The molecule has 110 valence electrons. The molecule has 1 N–H and O–H groups in total.